The molecule has 6 heteroatoms. The molecule has 0 saturated heterocycles. The molecule has 108 valence electrons. The summed E-state index contributed by atoms with van der Waals surface area (Å²) in [7, 11) is 1.84. The molecule has 0 aliphatic rings. The zero-order valence-electron chi connectivity index (χ0n) is 12.3. The number of hydrogen-bond acceptors (Lipinski definition) is 4. The first-order valence-corrected chi connectivity index (χ1v) is 6.96. The highest BCUT2D eigenvalue weighted by Gasteiger charge is 2.24. The molecular weight excluding hydrogens is 347 g/mol. The van der Waals surface area contributed by atoms with Crippen LogP contribution in [0.25, 0.3) is 0 Å². The molecule has 1 N–H and O–H groups in total. The highest BCUT2D eigenvalue weighted by molar-refractivity contribution is 14.1. The van der Waals surface area contributed by atoms with E-state index in [2.05, 4.69) is 5.32 Å². The van der Waals surface area contributed by atoms with Gasteiger partial charge in [-0.25, -0.2) is 7.91 Å². The summed E-state index contributed by atoms with van der Waals surface area (Å²) in [6.45, 7) is 11.8. The maximum absolute atomic E-state index is 11.8. The Morgan fingerprint density at radius 2 is 1.83 bits per heavy atom. The lowest BCUT2D eigenvalue weighted by atomic mass is 10.2. The number of halogens is 1. The van der Waals surface area contributed by atoms with E-state index in [1.807, 2.05) is 71.5 Å². The first-order valence-electron chi connectivity index (χ1n) is 6.00. The summed E-state index contributed by atoms with van der Waals surface area (Å²) in [6, 6.07) is 0. The SMILES string of the molecule is CNC(C)(C)OC(C)CN(I)C(=O)OC(C)(C)C. The summed E-state index contributed by atoms with van der Waals surface area (Å²) in [5.74, 6) is 0. The van der Waals surface area contributed by atoms with Crippen LogP contribution in [0.4, 0.5) is 4.79 Å². The average Bonchev–Trinajstić information content (AvgIpc) is 2.13. The maximum Gasteiger partial charge on any atom is 0.419 e. The summed E-state index contributed by atoms with van der Waals surface area (Å²) in [6.07, 6.45) is -0.433. The van der Waals surface area contributed by atoms with Gasteiger partial charge in [-0.05, 0) is 48.6 Å². The second-order valence-corrected chi connectivity index (χ2v) is 6.88. The Labute approximate surface area is 124 Å². The molecule has 5 nitrogen and oxygen atoms in total. The van der Waals surface area contributed by atoms with E-state index in [-0.39, 0.29) is 12.2 Å². The summed E-state index contributed by atoms with van der Waals surface area (Å²) in [4.78, 5) is 11.8. The van der Waals surface area contributed by atoms with Crippen molar-refractivity contribution in [3.8, 4) is 0 Å². The zero-order valence-corrected chi connectivity index (χ0v) is 14.5. The van der Waals surface area contributed by atoms with Crippen LogP contribution in [-0.2, 0) is 9.47 Å². The Balaban J connectivity index is 4.23. The largest absolute Gasteiger partial charge is 0.443 e. The molecular formula is C12H25IN2O3. The second-order valence-electron chi connectivity index (χ2n) is 5.71. The average molecular weight is 372 g/mol. The van der Waals surface area contributed by atoms with Crippen molar-refractivity contribution < 1.29 is 14.3 Å². The fourth-order valence-corrected chi connectivity index (χ4v) is 1.86. The van der Waals surface area contributed by atoms with Gasteiger partial charge in [-0.15, -0.1) is 0 Å². The molecule has 0 radical (unpaired) electrons. The second kappa shape index (κ2) is 6.91. The molecule has 0 spiro atoms. The highest BCUT2D eigenvalue weighted by Crippen LogP contribution is 2.15. The quantitative estimate of drug-likeness (QED) is 0.458. The van der Waals surface area contributed by atoms with E-state index in [0.717, 1.165) is 0 Å². The van der Waals surface area contributed by atoms with E-state index in [1.165, 1.54) is 3.11 Å². The molecule has 0 aromatic carbocycles. The Morgan fingerprint density at radius 3 is 2.22 bits per heavy atom. The minimum atomic E-state index is -0.477. The van der Waals surface area contributed by atoms with Crippen LogP contribution in [0.15, 0.2) is 0 Å². The number of rotatable bonds is 5. The smallest absolute Gasteiger partial charge is 0.419 e. The molecule has 0 aliphatic heterocycles. The van der Waals surface area contributed by atoms with Gasteiger partial charge in [0.05, 0.1) is 35.5 Å². The third kappa shape index (κ3) is 8.10. The van der Waals surface area contributed by atoms with Gasteiger partial charge < -0.3 is 9.47 Å². The highest BCUT2D eigenvalue weighted by atomic mass is 127. The fourth-order valence-electron chi connectivity index (χ4n) is 1.21. The number of carbonyl (C=O) groups excluding carboxylic acids is 1. The molecule has 0 heterocycles. The lowest BCUT2D eigenvalue weighted by molar-refractivity contribution is -0.0832. The third-order valence-electron chi connectivity index (χ3n) is 2.11. The number of nitrogens with zero attached hydrogens (tertiary/aromatic N) is 1. The number of ether oxygens (including phenoxy) is 2. The monoisotopic (exact) mass is 372 g/mol. The summed E-state index contributed by atoms with van der Waals surface area (Å²) >= 11 is 1.94. The molecule has 1 unspecified atom stereocenters. The maximum atomic E-state index is 11.8. The molecule has 18 heavy (non-hydrogen) atoms. The van der Waals surface area contributed by atoms with E-state index >= 15 is 0 Å². The number of nitrogens with one attached hydrogen (secondary N) is 1. The summed E-state index contributed by atoms with van der Waals surface area (Å²) in [5, 5.41) is 3.05. The number of amides is 1. The molecule has 1 atom stereocenters. The van der Waals surface area contributed by atoms with Gasteiger partial charge in [0.25, 0.3) is 0 Å². The predicted octanol–water partition coefficient (Wildman–Crippen LogP) is 2.93. The van der Waals surface area contributed by atoms with Crippen LogP contribution in [0.3, 0.4) is 0 Å². The molecule has 0 aliphatic carbocycles. The lowest BCUT2D eigenvalue weighted by Crippen LogP contribution is -2.44. The minimum absolute atomic E-state index is 0.0862. The van der Waals surface area contributed by atoms with E-state index in [4.69, 9.17) is 9.47 Å². The Kier molecular flexibility index (Phi) is 6.87. The molecule has 0 rings (SSSR count). The number of carbonyl (C=O) groups is 1. The zero-order chi connectivity index (χ0) is 14.6. The van der Waals surface area contributed by atoms with Crippen molar-refractivity contribution in [2.45, 2.75) is 59.0 Å². The van der Waals surface area contributed by atoms with Gasteiger partial charge in [0.15, 0.2) is 0 Å². The van der Waals surface area contributed by atoms with Crippen LogP contribution in [-0.4, -0.2) is 40.2 Å². The van der Waals surface area contributed by atoms with Crippen LogP contribution in [0.5, 0.6) is 0 Å². The molecule has 0 bridgehead atoms. The molecule has 0 aromatic heterocycles. The van der Waals surface area contributed by atoms with E-state index in [9.17, 15) is 4.79 Å². The van der Waals surface area contributed by atoms with Crippen molar-refractivity contribution in [3.05, 3.63) is 0 Å². The molecule has 0 saturated carbocycles. The van der Waals surface area contributed by atoms with Crippen molar-refractivity contribution in [2.75, 3.05) is 13.6 Å². The standard InChI is InChI=1S/C12H25IN2O3/c1-9(17-12(5,6)14-7)8-15(13)10(16)18-11(2,3)4/h9,14H,8H2,1-7H3. The van der Waals surface area contributed by atoms with Gasteiger partial charge in [0.1, 0.15) is 11.3 Å². The topological polar surface area (TPSA) is 50.8 Å². The van der Waals surface area contributed by atoms with Crippen molar-refractivity contribution in [2.24, 2.45) is 0 Å². The molecule has 0 fully saturated rings. The van der Waals surface area contributed by atoms with Crippen molar-refractivity contribution in [1.82, 2.24) is 8.43 Å². The Hall–Kier alpha value is -0.0800. The van der Waals surface area contributed by atoms with E-state index in [0.29, 0.717) is 6.54 Å². The van der Waals surface area contributed by atoms with Gasteiger partial charge in [-0.2, -0.15) is 0 Å². The van der Waals surface area contributed by atoms with Crippen molar-refractivity contribution in [1.29, 1.82) is 0 Å². The van der Waals surface area contributed by atoms with Gasteiger partial charge in [-0.1, -0.05) is 0 Å². The minimum Gasteiger partial charge on any atom is -0.443 e. The van der Waals surface area contributed by atoms with Crippen LogP contribution in [0.1, 0.15) is 41.5 Å². The van der Waals surface area contributed by atoms with Crippen LogP contribution in [0, 0.1) is 0 Å². The van der Waals surface area contributed by atoms with Gasteiger partial charge in [0, 0.05) is 0 Å². The van der Waals surface area contributed by atoms with Crippen molar-refractivity contribution >= 4 is 29.0 Å². The fraction of sp³-hybridized carbons (Fsp3) is 0.917. The third-order valence-corrected chi connectivity index (χ3v) is 2.89. The summed E-state index contributed by atoms with van der Waals surface area (Å²) in [5.41, 5.74) is -0.889. The van der Waals surface area contributed by atoms with Gasteiger partial charge in [-0.3, -0.25) is 5.32 Å². The molecule has 0 aromatic rings. The Bertz CT molecular complexity index is 277. The van der Waals surface area contributed by atoms with Crippen LogP contribution >= 0.6 is 22.9 Å². The normalized spacial score (nSPS) is 14.2. The molecule has 1 amide bonds. The van der Waals surface area contributed by atoms with E-state index < -0.39 is 11.3 Å². The van der Waals surface area contributed by atoms with Crippen LogP contribution < -0.4 is 5.32 Å². The van der Waals surface area contributed by atoms with Gasteiger partial charge >= 0.3 is 6.09 Å². The van der Waals surface area contributed by atoms with Gasteiger partial charge in [0.2, 0.25) is 0 Å². The number of hydrogen-bond donors (Lipinski definition) is 1. The predicted molar refractivity (Wildman–Crippen MR) is 80.6 cm³/mol. The lowest BCUT2D eigenvalue weighted by Gasteiger charge is -2.31. The van der Waals surface area contributed by atoms with E-state index in [1.54, 1.807) is 0 Å². The first kappa shape index (κ1) is 17.9. The Morgan fingerprint density at radius 1 is 1.33 bits per heavy atom. The van der Waals surface area contributed by atoms with Crippen molar-refractivity contribution in [3.63, 3.8) is 0 Å². The first-order chi connectivity index (χ1) is 7.97. The summed E-state index contributed by atoms with van der Waals surface area (Å²) < 4.78 is 12.5. The van der Waals surface area contributed by atoms with Crippen LogP contribution in [0.2, 0.25) is 0 Å².